The number of para-hydroxylation sites is 1. The number of hydrogen-bond donors (Lipinski definition) is 1. The van der Waals surface area contributed by atoms with Crippen LogP contribution >= 0.6 is 0 Å². The lowest BCUT2D eigenvalue weighted by atomic mass is 9.89. The van der Waals surface area contributed by atoms with Crippen molar-refractivity contribution in [2.24, 2.45) is 5.92 Å². The number of carbonyl (C=O) groups excluding carboxylic acids is 1. The number of aromatic nitrogens is 2. The second-order valence-electron chi connectivity index (χ2n) is 12.8. The molecule has 0 amide bonds. The Bertz CT molecular complexity index is 1690. The van der Waals surface area contributed by atoms with Crippen LogP contribution in [0.5, 0.6) is 0 Å². The number of aryl methyl sites for hydroxylation is 2. The van der Waals surface area contributed by atoms with Gasteiger partial charge in [0.25, 0.3) is 5.56 Å². The number of piperidine rings is 1. The van der Waals surface area contributed by atoms with Crippen LogP contribution in [0, 0.1) is 26.7 Å². The molecule has 0 bridgehead atoms. The normalized spacial score (nSPS) is 17.3. The highest BCUT2D eigenvalue weighted by Crippen LogP contribution is 2.37. The number of rotatable bonds is 9. The molecule has 0 aliphatic carbocycles. The van der Waals surface area contributed by atoms with Gasteiger partial charge in [-0.1, -0.05) is 30.3 Å². The van der Waals surface area contributed by atoms with Crippen LogP contribution in [0.15, 0.2) is 59.4 Å². The van der Waals surface area contributed by atoms with Crippen molar-refractivity contribution in [2.45, 2.75) is 66.0 Å². The number of Topliss-reactive ketones (excluding diaryl/α,β-unsaturated/α-hetero) is 1. The standard InChI is InChI=1S/C37H46N4O3/c1-25-22-26(2)38-37(43)32(25)12-13-35(42)36-28(4)41(34-11-6-5-10-33(34)36)27(3)30-14-16-40(17-15-30)31-9-7-8-29(23-31)24-39-18-20-44-21-19-39/h5-11,22-23,27,30H,12-21,24H2,1-4H3,(H,38,43)/t27-/m1/s1. The van der Waals surface area contributed by atoms with Crippen molar-refractivity contribution in [1.82, 2.24) is 14.5 Å². The van der Waals surface area contributed by atoms with Crippen LogP contribution in [-0.2, 0) is 17.7 Å². The van der Waals surface area contributed by atoms with Gasteiger partial charge in [-0.05, 0) is 88.3 Å². The van der Waals surface area contributed by atoms with E-state index in [9.17, 15) is 9.59 Å². The van der Waals surface area contributed by atoms with E-state index in [0.717, 1.165) is 92.2 Å². The van der Waals surface area contributed by atoms with E-state index in [4.69, 9.17) is 4.74 Å². The van der Waals surface area contributed by atoms with Crippen molar-refractivity contribution >= 4 is 22.4 Å². The molecule has 4 heterocycles. The molecule has 2 saturated heterocycles. The zero-order valence-electron chi connectivity index (χ0n) is 26.7. The number of ether oxygens (including phenoxy) is 1. The number of hydrogen-bond acceptors (Lipinski definition) is 5. The maximum atomic E-state index is 13.8. The maximum Gasteiger partial charge on any atom is 0.251 e. The first-order valence-electron chi connectivity index (χ1n) is 16.3. The lowest BCUT2D eigenvalue weighted by Gasteiger charge is -2.37. The molecule has 0 saturated carbocycles. The molecular formula is C37H46N4O3. The number of carbonyl (C=O) groups is 1. The van der Waals surface area contributed by atoms with Crippen molar-refractivity contribution in [1.29, 1.82) is 0 Å². The summed E-state index contributed by atoms with van der Waals surface area (Å²) in [5.41, 5.74) is 8.08. The number of ketones is 1. The number of benzene rings is 2. The highest BCUT2D eigenvalue weighted by molar-refractivity contribution is 6.09. The van der Waals surface area contributed by atoms with E-state index in [0.29, 0.717) is 24.3 Å². The van der Waals surface area contributed by atoms with E-state index in [2.05, 4.69) is 75.7 Å². The van der Waals surface area contributed by atoms with E-state index < -0.39 is 0 Å². The SMILES string of the molecule is Cc1cc(C)c(CCC(=O)c2c(C)n([C@H](C)C3CCN(c4cccc(CN5CCOCC5)c4)CC3)c3ccccc23)c(=O)[nH]1. The minimum Gasteiger partial charge on any atom is -0.379 e. The number of H-pyrrole nitrogens is 1. The summed E-state index contributed by atoms with van der Waals surface area (Å²) in [4.78, 5) is 34.3. The predicted octanol–water partition coefficient (Wildman–Crippen LogP) is 6.38. The second-order valence-corrected chi connectivity index (χ2v) is 12.8. The summed E-state index contributed by atoms with van der Waals surface area (Å²) in [6.45, 7) is 15.0. The van der Waals surface area contributed by atoms with E-state index >= 15 is 0 Å². The highest BCUT2D eigenvalue weighted by Gasteiger charge is 2.29. The monoisotopic (exact) mass is 594 g/mol. The number of pyridine rings is 1. The lowest BCUT2D eigenvalue weighted by molar-refractivity contribution is 0.0342. The summed E-state index contributed by atoms with van der Waals surface area (Å²) >= 11 is 0. The second kappa shape index (κ2) is 13.1. The first-order valence-corrected chi connectivity index (χ1v) is 16.3. The molecule has 0 unspecified atom stereocenters. The van der Waals surface area contributed by atoms with Crippen molar-refractivity contribution in [3.8, 4) is 0 Å². The van der Waals surface area contributed by atoms with Crippen LogP contribution < -0.4 is 10.5 Å². The molecule has 2 aliphatic rings. The van der Waals surface area contributed by atoms with Gasteiger partial charge in [-0.25, -0.2) is 0 Å². The van der Waals surface area contributed by atoms with Gasteiger partial charge in [-0.15, -0.1) is 0 Å². The Hall–Kier alpha value is -3.68. The molecule has 6 rings (SSSR count). The van der Waals surface area contributed by atoms with Crippen molar-refractivity contribution in [3.63, 3.8) is 0 Å². The molecule has 2 aromatic carbocycles. The zero-order chi connectivity index (χ0) is 30.8. The Morgan fingerprint density at radius 1 is 0.977 bits per heavy atom. The molecule has 4 aromatic rings. The minimum absolute atomic E-state index is 0.0850. The summed E-state index contributed by atoms with van der Waals surface area (Å²) in [6.07, 6.45) is 2.99. The Morgan fingerprint density at radius 2 is 1.73 bits per heavy atom. The van der Waals surface area contributed by atoms with Crippen molar-refractivity contribution < 1.29 is 9.53 Å². The molecule has 7 heteroatoms. The Balaban J connectivity index is 1.16. The smallest absolute Gasteiger partial charge is 0.251 e. The molecule has 2 fully saturated rings. The molecule has 1 N–H and O–H groups in total. The largest absolute Gasteiger partial charge is 0.379 e. The molecule has 0 radical (unpaired) electrons. The number of anilines is 1. The van der Waals surface area contributed by atoms with Crippen LogP contribution in [0.2, 0.25) is 0 Å². The highest BCUT2D eigenvalue weighted by atomic mass is 16.5. The maximum absolute atomic E-state index is 13.8. The van der Waals surface area contributed by atoms with Gasteiger partial charge < -0.3 is 19.2 Å². The summed E-state index contributed by atoms with van der Waals surface area (Å²) < 4.78 is 7.93. The third-order valence-electron chi connectivity index (χ3n) is 9.95. The summed E-state index contributed by atoms with van der Waals surface area (Å²) in [6, 6.07) is 19.6. The van der Waals surface area contributed by atoms with Crippen LogP contribution in [0.4, 0.5) is 5.69 Å². The van der Waals surface area contributed by atoms with Crippen LogP contribution in [0.25, 0.3) is 10.9 Å². The van der Waals surface area contributed by atoms with E-state index in [1.807, 2.05) is 26.0 Å². The topological polar surface area (TPSA) is 70.6 Å². The van der Waals surface area contributed by atoms with Gasteiger partial charge in [-0.2, -0.15) is 0 Å². The fraction of sp³-hybridized carbons (Fsp3) is 0.459. The van der Waals surface area contributed by atoms with Crippen LogP contribution in [0.1, 0.15) is 70.7 Å². The van der Waals surface area contributed by atoms with Gasteiger partial charge in [-0.3, -0.25) is 14.5 Å². The Labute approximate surface area is 260 Å². The van der Waals surface area contributed by atoms with Gasteiger partial charge in [0.1, 0.15) is 0 Å². The lowest BCUT2D eigenvalue weighted by Crippen LogP contribution is -2.37. The quantitative estimate of drug-likeness (QED) is 0.228. The average molecular weight is 595 g/mol. The molecule has 232 valence electrons. The third-order valence-corrected chi connectivity index (χ3v) is 9.95. The Morgan fingerprint density at radius 3 is 2.48 bits per heavy atom. The number of fused-ring (bicyclic) bond motifs is 1. The Kier molecular flexibility index (Phi) is 9.06. The first-order chi connectivity index (χ1) is 21.3. The molecule has 7 nitrogen and oxygen atoms in total. The van der Waals surface area contributed by atoms with Crippen LogP contribution in [0.3, 0.4) is 0 Å². The van der Waals surface area contributed by atoms with E-state index in [1.165, 1.54) is 11.3 Å². The fourth-order valence-electron chi connectivity index (χ4n) is 7.54. The fourth-order valence-corrected chi connectivity index (χ4v) is 7.54. The van der Waals surface area contributed by atoms with Gasteiger partial charge in [0.2, 0.25) is 0 Å². The van der Waals surface area contributed by atoms with E-state index in [-0.39, 0.29) is 17.4 Å². The average Bonchev–Trinajstić information content (AvgIpc) is 3.32. The molecule has 44 heavy (non-hydrogen) atoms. The number of morpholine rings is 1. The number of nitrogens with one attached hydrogen (secondary N) is 1. The molecular weight excluding hydrogens is 548 g/mol. The zero-order valence-corrected chi connectivity index (χ0v) is 26.7. The molecule has 1 atom stereocenters. The van der Waals surface area contributed by atoms with Gasteiger partial charge in [0.15, 0.2) is 5.78 Å². The first kappa shape index (κ1) is 30.4. The van der Waals surface area contributed by atoms with E-state index in [1.54, 1.807) is 0 Å². The summed E-state index contributed by atoms with van der Waals surface area (Å²) in [5, 5.41) is 1.02. The predicted molar refractivity (Wildman–Crippen MR) is 178 cm³/mol. The van der Waals surface area contributed by atoms with Crippen molar-refractivity contribution in [3.05, 3.63) is 98.6 Å². The summed E-state index contributed by atoms with van der Waals surface area (Å²) in [5.74, 6) is 0.629. The summed E-state index contributed by atoms with van der Waals surface area (Å²) in [7, 11) is 0. The third kappa shape index (κ3) is 6.26. The van der Waals surface area contributed by atoms with Gasteiger partial charge >= 0.3 is 0 Å². The van der Waals surface area contributed by atoms with Gasteiger partial charge in [0, 0.05) is 84.3 Å². The van der Waals surface area contributed by atoms with Gasteiger partial charge in [0.05, 0.1) is 13.2 Å². The molecule has 2 aromatic heterocycles. The van der Waals surface area contributed by atoms with Crippen LogP contribution in [-0.4, -0.2) is 59.6 Å². The number of nitrogens with zero attached hydrogens (tertiary/aromatic N) is 3. The molecule has 0 spiro atoms. The van der Waals surface area contributed by atoms with Crippen molar-refractivity contribution in [2.75, 3.05) is 44.3 Å². The minimum atomic E-state index is -0.0850. The number of aromatic amines is 1. The molecule has 2 aliphatic heterocycles.